The summed E-state index contributed by atoms with van der Waals surface area (Å²) in [5, 5.41) is 14.7. The molecule has 0 bridgehead atoms. The summed E-state index contributed by atoms with van der Waals surface area (Å²) >= 11 is 0. The van der Waals surface area contributed by atoms with Crippen LogP contribution in [0.15, 0.2) is 54.8 Å². The first-order valence-electron chi connectivity index (χ1n) is 8.43. The Morgan fingerprint density at radius 2 is 2.11 bits per heavy atom. The Labute approximate surface area is 156 Å². The summed E-state index contributed by atoms with van der Waals surface area (Å²) in [7, 11) is 0. The molecule has 0 fully saturated rings. The van der Waals surface area contributed by atoms with Crippen LogP contribution in [0.2, 0.25) is 0 Å². The number of fused-ring (bicyclic) bond motifs is 1. The van der Waals surface area contributed by atoms with Crippen LogP contribution in [0.4, 0.5) is 11.5 Å². The van der Waals surface area contributed by atoms with Crippen molar-refractivity contribution in [1.82, 2.24) is 19.7 Å². The van der Waals surface area contributed by atoms with Crippen molar-refractivity contribution in [3.8, 4) is 6.07 Å². The molecule has 1 aliphatic heterocycles. The number of anilines is 2. The summed E-state index contributed by atoms with van der Waals surface area (Å²) in [6, 6.07) is 7.59. The van der Waals surface area contributed by atoms with Crippen molar-refractivity contribution >= 4 is 22.5 Å². The fourth-order valence-electron chi connectivity index (χ4n) is 3.14. The van der Waals surface area contributed by atoms with Gasteiger partial charge in [0.15, 0.2) is 5.65 Å². The summed E-state index contributed by atoms with van der Waals surface area (Å²) in [6.45, 7) is 2.52. The minimum absolute atomic E-state index is 0.450. The van der Waals surface area contributed by atoms with E-state index in [4.69, 9.17) is 11.5 Å². The molecule has 3 aromatic rings. The second kappa shape index (κ2) is 6.46. The summed E-state index contributed by atoms with van der Waals surface area (Å²) < 4.78 is 1.80. The maximum Gasteiger partial charge on any atom is 0.163 e. The number of allylic oxidation sites excluding steroid dienone is 2. The van der Waals surface area contributed by atoms with E-state index in [9.17, 15) is 5.26 Å². The lowest BCUT2D eigenvalue weighted by molar-refractivity contribution is 0.703. The van der Waals surface area contributed by atoms with Crippen LogP contribution in [-0.4, -0.2) is 25.8 Å². The van der Waals surface area contributed by atoms with Crippen LogP contribution in [0.5, 0.6) is 0 Å². The highest BCUT2D eigenvalue weighted by molar-refractivity contribution is 5.88. The molecule has 1 unspecified atom stereocenters. The van der Waals surface area contributed by atoms with E-state index in [-0.39, 0.29) is 0 Å². The van der Waals surface area contributed by atoms with Crippen molar-refractivity contribution in [2.24, 2.45) is 5.73 Å². The van der Waals surface area contributed by atoms with Crippen LogP contribution in [0.1, 0.15) is 11.1 Å². The SMILES string of the molecule is Cc1cc(Cn2ncc3c(N4C(N)=CC=CC4C#N)ncnc32)ccc1N. The molecule has 8 nitrogen and oxygen atoms in total. The summed E-state index contributed by atoms with van der Waals surface area (Å²) in [4.78, 5) is 10.4. The highest BCUT2D eigenvalue weighted by atomic mass is 15.3. The molecule has 27 heavy (non-hydrogen) atoms. The van der Waals surface area contributed by atoms with E-state index in [1.165, 1.54) is 6.33 Å². The molecule has 1 aliphatic rings. The molecule has 3 heterocycles. The molecule has 0 aliphatic carbocycles. The van der Waals surface area contributed by atoms with Gasteiger partial charge in [0.25, 0.3) is 0 Å². The van der Waals surface area contributed by atoms with E-state index >= 15 is 0 Å². The van der Waals surface area contributed by atoms with Gasteiger partial charge in [0.2, 0.25) is 0 Å². The van der Waals surface area contributed by atoms with Crippen LogP contribution in [0, 0.1) is 18.3 Å². The van der Waals surface area contributed by atoms with Gasteiger partial charge in [-0.1, -0.05) is 18.2 Å². The minimum atomic E-state index is -0.531. The quantitative estimate of drug-likeness (QED) is 0.685. The molecule has 4 rings (SSSR count). The summed E-state index contributed by atoms with van der Waals surface area (Å²) in [5.74, 6) is 1.01. The third-order valence-corrected chi connectivity index (χ3v) is 4.56. The van der Waals surface area contributed by atoms with Crippen molar-refractivity contribution in [2.45, 2.75) is 19.5 Å². The third kappa shape index (κ3) is 2.85. The van der Waals surface area contributed by atoms with Crippen LogP contribution in [0.25, 0.3) is 11.0 Å². The average molecular weight is 358 g/mol. The van der Waals surface area contributed by atoms with E-state index in [0.717, 1.165) is 22.2 Å². The van der Waals surface area contributed by atoms with Crippen molar-refractivity contribution in [1.29, 1.82) is 5.26 Å². The standard InChI is InChI=1S/C19H18N8/c1-12-7-13(5-6-16(12)21)10-26-18-15(9-25-26)19(24-11-23-18)27-14(8-20)3-2-4-17(27)22/h2-7,9,11,14H,10,21-22H2,1H3. The Morgan fingerprint density at radius 3 is 2.89 bits per heavy atom. The van der Waals surface area contributed by atoms with Crippen LogP contribution in [-0.2, 0) is 6.54 Å². The van der Waals surface area contributed by atoms with Gasteiger partial charge in [0, 0.05) is 5.69 Å². The maximum absolute atomic E-state index is 9.46. The van der Waals surface area contributed by atoms with Gasteiger partial charge >= 0.3 is 0 Å². The normalized spacial score (nSPS) is 16.4. The van der Waals surface area contributed by atoms with Gasteiger partial charge in [0.1, 0.15) is 24.0 Å². The predicted molar refractivity (Wildman–Crippen MR) is 103 cm³/mol. The zero-order valence-corrected chi connectivity index (χ0v) is 14.7. The van der Waals surface area contributed by atoms with Gasteiger partial charge in [0.05, 0.1) is 24.2 Å². The van der Waals surface area contributed by atoms with Crippen molar-refractivity contribution in [3.63, 3.8) is 0 Å². The van der Waals surface area contributed by atoms with Gasteiger partial charge in [-0.15, -0.1) is 0 Å². The largest absolute Gasteiger partial charge is 0.399 e. The van der Waals surface area contributed by atoms with E-state index in [1.54, 1.807) is 34.0 Å². The number of nitrogen functional groups attached to an aromatic ring is 1. The lowest BCUT2D eigenvalue weighted by Crippen LogP contribution is -2.38. The van der Waals surface area contributed by atoms with E-state index in [2.05, 4.69) is 21.1 Å². The highest BCUT2D eigenvalue weighted by Crippen LogP contribution is 2.28. The van der Waals surface area contributed by atoms with Gasteiger partial charge in [-0.05, 0) is 36.3 Å². The number of nitrogens with two attached hydrogens (primary N) is 2. The molecule has 0 spiro atoms. The second-order valence-corrected chi connectivity index (χ2v) is 6.35. The number of hydrogen-bond donors (Lipinski definition) is 2. The Morgan fingerprint density at radius 1 is 1.26 bits per heavy atom. The molecule has 0 saturated heterocycles. The molecule has 1 aromatic carbocycles. The zero-order valence-electron chi connectivity index (χ0n) is 14.7. The number of rotatable bonds is 3. The van der Waals surface area contributed by atoms with Gasteiger partial charge in [-0.3, -0.25) is 4.90 Å². The van der Waals surface area contributed by atoms with Crippen molar-refractivity contribution in [3.05, 3.63) is 65.9 Å². The number of nitrogens with zero attached hydrogens (tertiary/aromatic N) is 6. The molecule has 1 atom stereocenters. The number of aryl methyl sites for hydroxylation is 1. The summed E-state index contributed by atoms with van der Waals surface area (Å²) in [6.07, 6.45) is 8.44. The fourth-order valence-corrected chi connectivity index (χ4v) is 3.14. The lowest BCUT2D eigenvalue weighted by atomic mass is 10.1. The molecular formula is C19H18N8. The Kier molecular flexibility index (Phi) is 3.97. The van der Waals surface area contributed by atoms with Crippen LogP contribution < -0.4 is 16.4 Å². The van der Waals surface area contributed by atoms with E-state index in [0.29, 0.717) is 23.8 Å². The van der Waals surface area contributed by atoms with Crippen LogP contribution >= 0.6 is 0 Å². The minimum Gasteiger partial charge on any atom is -0.399 e. The number of nitriles is 1. The summed E-state index contributed by atoms with van der Waals surface area (Å²) in [5.41, 5.74) is 15.5. The zero-order chi connectivity index (χ0) is 19.0. The highest BCUT2D eigenvalue weighted by Gasteiger charge is 2.25. The average Bonchev–Trinajstić information content (AvgIpc) is 3.08. The third-order valence-electron chi connectivity index (χ3n) is 4.56. The number of benzene rings is 1. The van der Waals surface area contributed by atoms with Gasteiger partial charge in [-0.25, -0.2) is 14.6 Å². The number of aromatic nitrogens is 4. The topological polar surface area (TPSA) is 123 Å². The van der Waals surface area contributed by atoms with Gasteiger partial charge < -0.3 is 11.5 Å². The van der Waals surface area contributed by atoms with Crippen molar-refractivity contribution < 1.29 is 0 Å². The first-order chi connectivity index (χ1) is 13.1. The van der Waals surface area contributed by atoms with E-state index in [1.807, 2.05) is 25.1 Å². The van der Waals surface area contributed by atoms with E-state index < -0.39 is 6.04 Å². The monoisotopic (exact) mass is 358 g/mol. The smallest absolute Gasteiger partial charge is 0.163 e. The van der Waals surface area contributed by atoms with Crippen LogP contribution in [0.3, 0.4) is 0 Å². The van der Waals surface area contributed by atoms with Crippen molar-refractivity contribution in [2.75, 3.05) is 10.6 Å². The Hall–Kier alpha value is -3.86. The molecule has 0 radical (unpaired) electrons. The molecule has 2 aromatic heterocycles. The molecule has 8 heteroatoms. The molecule has 134 valence electrons. The predicted octanol–water partition coefficient (Wildman–Crippen LogP) is 1.83. The Bertz CT molecular complexity index is 1120. The Balaban J connectivity index is 1.76. The van der Waals surface area contributed by atoms with Gasteiger partial charge in [-0.2, -0.15) is 10.4 Å². The molecule has 0 saturated carbocycles. The lowest BCUT2D eigenvalue weighted by Gasteiger charge is -2.28. The molecule has 4 N–H and O–H groups in total. The maximum atomic E-state index is 9.46. The number of hydrogen-bond acceptors (Lipinski definition) is 7. The molecular weight excluding hydrogens is 340 g/mol. The first kappa shape index (κ1) is 16.6. The molecule has 0 amide bonds. The second-order valence-electron chi connectivity index (χ2n) is 6.35. The fraction of sp³-hybridized carbons (Fsp3) is 0.158. The first-order valence-corrected chi connectivity index (χ1v) is 8.43.